The van der Waals surface area contributed by atoms with Crippen molar-refractivity contribution in [3.05, 3.63) is 94.1 Å². The van der Waals surface area contributed by atoms with Crippen LogP contribution >= 0.6 is 35.2 Å². The van der Waals surface area contributed by atoms with Gasteiger partial charge in [0.1, 0.15) is 29.7 Å². The molecule has 274 valence electrons. The fraction of sp³-hybridized carbons (Fsp3) is 0.257. The second-order valence-corrected chi connectivity index (χ2v) is 15.6. The Morgan fingerprint density at radius 2 is 1.40 bits per heavy atom. The van der Waals surface area contributed by atoms with Crippen molar-refractivity contribution in [2.24, 2.45) is 11.7 Å². The lowest BCUT2D eigenvalue weighted by Gasteiger charge is -2.24. The van der Waals surface area contributed by atoms with E-state index in [1.54, 1.807) is 24.3 Å². The Morgan fingerprint density at radius 1 is 0.808 bits per heavy atom. The van der Waals surface area contributed by atoms with Crippen LogP contribution in [0.3, 0.4) is 0 Å². The number of carbonyl (C=O) groups is 5. The van der Waals surface area contributed by atoms with Gasteiger partial charge in [0, 0.05) is 40.4 Å². The van der Waals surface area contributed by atoms with Crippen molar-refractivity contribution >= 4 is 70.2 Å². The molecule has 0 saturated carbocycles. The predicted molar refractivity (Wildman–Crippen MR) is 196 cm³/mol. The second-order valence-electron chi connectivity index (χ2n) is 11.9. The summed E-state index contributed by atoms with van der Waals surface area (Å²) in [5.74, 6) is -6.40. The van der Waals surface area contributed by atoms with Gasteiger partial charge in [-0.3, -0.25) is 24.0 Å². The minimum Gasteiger partial charge on any atom is -0.481 e. The molecule has 0 spiro atoms. The van der Waals surface area contributed by atoms with Crippen LogP contribution in [-0.4, -0.2) is 73.1 Å². The van der Waals surface area contributed by atoms with Crippen LogP contribution in [0.2, 0.25) is 5.02 Å². The lowest BCUT2D eigenvalue weighted by molar-refractivity contribution is -0.139. The van der Waals surface area contributed by atoms with Gasteiger partial charge in [-0.1, -0.05) is 69.1 Å². The van der Waals surface area contributed by atoms with E-state index in [0.717, 1.165) is 11.1 Å². The quantitative estimate of drug-likeness (QED) is 0.0710. The molecule has 8 N–H and O–H groups in total. The number of carboxylic acids is 2. The van der Waals surface area contributed by atoms with E-state index in [-0.39, 0.29) is 23.9 Å². The van der Waals surface area contributed by atoms with E-state index in [1.165, 1.54) is 12.1 Å². The number of nitrogens with two attached hydrogens (primary N) is 1. The van der Waals surface area contributed by atoms with E-state index in [0.29, 0.717) is 20.8 Å². The molecule has 0 unspecified atom stereocenters. The van der Waals surface area contributed by atoms with Crippen LogP contribution in [0, 0.1) is 5.92 Å². The first-order valence-electron chi connectivity index (χ1n) is 15.9. The Bertz CT molecular complexity index is 1910. The highest BCUT2D eigenvalue weighted by molar-refractivity contribution is 9.10. The number of nitrogens with zero attached hydrogens (tertiary/aromatic N) is 1. The summed E-state index contributed by atoms with van der Waals surface area (Å²) in [4.78, 5) is 84.1. The highest BCUT2D eigenvalue weighted by Crippen LogP contribution is 2.50. The van der Waals surface area contributed by atoms with Crippen LogP contribution in [0.25, 0.3) is 22.4 Å². The van der Waals surface area contributed by atoms with E-state index < -0.39 is 80.8 Å². The molecule has 4 rings (SSSR count). The molecular weight excluding hydrogens is 783 g/mol. The molecule has 52 heavy (non-hydrogen) atoms. The lowest BCUT2D eigenvalue weighted by atomic mass is 10.0. The van der Waals surface area contributed by atoms with Crippen molar-refractivity contribution in [1.29, 1.82) is 0 Å². The average Bonchev–Trinajstić information content (AvgIpc) is 3.56. The number of aromatic nitrogens is 1. The summed E-state index contributed by atoms with van der Waals surface area (Å²) in [6.07, 6.45) is -2.49. The van der Waals surface area contributed by atoms with Gasteiger partial charge in [-0.2, -0.15) is 0 Å². The number of primary amides is 1. The number of nitrogens with one attached hydrogen (secondary N) is 2. The van der Waals surface area contributed by atoms with Gasteiger partial charge in [-0.05, 0) is 60.4 Å². The molecule has 0 aliphatic carbocycles. The maximum atomic E-state index is 13.9. The number of hydrogen-bond acceptors (Lipinski definition) is 9. The highest BCUT2D eigenvalue weighted by atomic mass is 79.9. The van der Waals surface area contributed by atoms with Crippen LogP contribution in [0.5, 0.6) is 0 Å². The highest BCUT2D eigenvalue weighted by Gasteiger charge is 2.43. The van der Waals surface area contributed by atoms with Gasteiger partial charge in [0.15, 0.2) is 5.30 Å². The largest absolute Gasteiger partial charge is 0.481 e. The molecule has 14 nitrogen and oxygen atoms in total. The van der Waals surface area contributed by atoms with E-state index in [4.69, 9.17) is 27.0 Å². The predicted octanol–water partition coefficient (Wildman–Crippen LogP) is 3.93. The number of carboxylic acid groups (broad SMARTS) is 2. The first-order chi connectivity index (χ1) is 24.6. The Hall–Kier alpha value is -4.66. The molecule has 3 aromatic carbocycles. The van der Waals surface area contributed by atoms with E-state index in [9.17, 15) is 38.9 Å². The molecule has 0 saturated heterocycles. The van der Waals surface area contributed by atoms with Crippen LogP contribution in [0.4, 0.5) is 0 Å². The maximum Gasteiger partial charge on any atom is 0.303 e. The van der Waals surface area contributed by atoms with E-state index in [2.05, 4.69) is 31.7 Å². The zero-order valence-electron chi connectivity index (χ0n) is 27.4. The summed E-state index contributed by atoms with van der Waals surface area (Å²) < 4.78 is 6.25. The molecule has 1 aromatic heterocycles. The lowest BCUT2D eigenvalue weighted by Crippen LogP contribution is -2.54. The molecular formula is C35H36BrClN4O10P+. The van der Waals surface area contributed by atoms with Crippen molar-refractivity contribution in [2.45, 2.75) is 44.2 Å². The van der Waals surface area contributed by atoms with E-state index in [1.807, 2.05) is 42.5 Å². The number of hydrogen-bond donors (Lipinski definition) is 7. The molecule has 0 radical (unpaired) electrons. The Balaban J connectivity index is 1.59. The zero-order chi connectivity index (χ0) is 38.0. The third-order valence-corrected chi connectivity index (χ3v) is 10.9. The first kappa shape index (κ1) is 40.1. The third-order valence-electron chi connectivity index (χ3n) is 8.02. The van der Waals surface area contributed by atoms with Crippen molar-refractivity contribution < 1.29 is 48.5 Å². The maximum absolute atomic E-state index is 13.9. The normalized spacial score (nSPS) is 13.1. The minimum atomic E-state index is -3.97. The Kier molecular flexibility index (Phi) is 14.0. The number of halogens is 2. The average molecular weight is 819 g/mol. The summed E-state index contributed by atoms with van der Waals surface area (Å²) in [6, 6.07) is 19.7. The van der Waals surface area contributed by atoms with Gasteiger partial charge in [0.05, 0.1) is 5.92 Å². The summed E-state index contributed by atoms with van der Waals surface area (Å²) in [5.41, 5.74) is 8.30. The smallest absolute Gasteiger partial charge is 0.303 e. The number of amides is 3. The zero-order valence-corrected chi connectivity index (χ0v) is 30.7. The second kappa shape index (κ2) is 18.2. The SMILES string of the molecule is NC(=O)[C@H](CCC(=O)O)NC(=O)[C@H](CCC(=O)O)NC(=O)[C@H](Cc1cc(-c2ccc(-c3cccc(Cl)c3)cc2)no1)C[P+](O)(O)c1ccc(Br)cc1. The van der Waals surface area contributed by atoms with Gasteiger partial charge >= 0.3 is 19.7 Å². The number of rotatable bonds is 18. The molecule has 3 atom stereocenters. The number of benzene rings is 3. The third kappa shape index (κ3) is 11.7. The Morgan fingerprint density at radius 3 is 2.00 bits per heavy atom. The van der Waals surface area contributed by atoms with Gasteiger partial charge in [-0.15, -0.1) is 0 Å². The molecule has 1 heterocycles. The number of aliphatic carboxylic acids is 2. The summed E-state index contributed by atoms with van der Waals surface area (Å²) in [6.45, 7) is 0. The molecule has 0 bridgehead atoms. The monoisotopic (exact) mass is 817 g/mol. The molecule has 0 fully saturated rings. The van der Waals surface area contributed by atoms with Gasteiger partial charge in [0.25, 0.3) is 0 Å². The molecule has 3 amide bonds. The molecule has 17 heteroatoms. The van der Waals surface area contributed by atoms with Gasteiger partial charge < -0.3 is 31.1 Å². The minimum absolute atomic E-state index is 0.175. The van der Waals surface area contributed by atoms with Crippen LogP contribution in [0.15, 0.2) is 87.9 Å². The number of carbonyl (C=O) groups excluding carboxylic acids is 3. The molecule has 0 aliphatic rings. The van der Waals surface area contributed by atoms with Crippen LogP contribution in [0.1, 0.15) is 31.4 Å². The van der Waals surface area contributed by atoms with E-state index >= 15 is 0 Å². The summed E-state index contributed by atoms with van der Waals surface area (Å²) >= 11 is 9.43. The summed E-state index contributed by atoms with van der Waals surface area (Å²) in [5, 5.41) is 28.0. The van der Waals surface area contributed by atoms with Crippen molar-refractivity contribution in [3.63, 3.8) is 0 Å². The van der Waals surface area contributed by atoms with Crippen LogP contribution in [-0.2, 0) is 30.4 Å². The fourth-order valence-corrected chi connectivity index (χ4v) is 7.48. The molecule has 0 aliphatic heterocycles. The van der Waals surface area contributed by atoms with Crippen LogP contribution < -0.4 is 21.7 Å². The fourth-order valence-electron chi connectivity index (χ4n) is 5.27. The van der Waals surface area contributed by atoms with Crippen molar-refractivity contribution in [2.75, 3.05) is 6.16 Å². The Labute approximate surface area is 312 Å². The molecule has 4 aromatic rings. The first-order valence-corrected chi connectivity index (χ1v) is 18.9. The van der Waals surface area contributed by atoms with Crippen molar-refractivity contribution in [3.8, 4) is 22.4 Å². The van der Waals surface area contributed by atoms with Crippen molar-refractivity contribution in [1.82, 2.24) is 15.8 Å². The van der Waals surface area contributed by atoms with Gasteiger partial charge in [0.2, 0.25) is 17.7 Å². The topological polar surface area (TPSA) is 242 Å². The standard InChI is InChI=1S/C35H35BrClN4O10P/c36-24-8-10-27(11-9-24)52(49,50)19-23(34(47)40-29(13-15-32(44)45)35(48)39-28(33(38)46)12-14-31(42)43)17-26-18-30(41-51-26)21-6-4-20(5-7-21)22-2-1-3-25(37)16-22/h1-11,16,18,23,28-29,49-50H,12-15,17,19H2,(H5-,38,39,40,42,43,44,45,46,47,48)/p+1/t23-,28+,29+/m1/s1. The van der Waals surface area contributed by atoms with Gasteiger partial charge in [-0.25, -0.2) is 9.79 Å². The summed E-state index contributed by atoms with van der Waals surface area (Å²) in [7, 11) is -3.97.